The summed E-state index contributed by atoms with van der Waals surface area (Å²) < 4.78 is 2.04. The number of aryl methyl sites for hydroxylation is 1. The largest absolute Gasteiger partial charge is 0.362 e. The number of nitrogens with zero attached hydrogens (tertiary/aromatic N) is 2. The average Bonchev–Trinajstić information content (AvgIpc) is 2.88. The third kappa shape index (κ3) is 3.82. The maximum absolute atomic E-state index is 5.36. The van der Waals surface area contributed by atoms with E-state index in [-0.39, 0.29) is 0 Å². The molecule has 130 valence electrons. The molecule has 25 heavy (non-hydrogen) atoms. The van der Waals surface area contributed by atoms with Gasteiger partial charge in [0.1, 0.15) is 0 Å². The van der Waals surface area contributed by atoms with Crippen LogP contribution in [0.2, 0.25) is 0 Å². The second-order valence-electron chi connectivity index (χ2n) is 6.22. The lowest BCUT2D eigenvalue weighted by molar-refractivity contribution is 0.662. The highest BCUT2D eigenvalue weighted by molar-refractivity contribution is 7.80. The fraction of sp³-hybridized carbons (Fsp3) is 0.300. The van der Waals surface area contributed by atoms with Crippen LogP contribution in [0.15, 0.2) is 42.5 Å². The minimum Gasteiger partial charge on any atom is -0.362 e. The maximum atomic E-state index is 5.36. The molecule has 2 N–H and O–H groups in total. The minimum absolute atomic E-state index is 0.651. The molecule has 0 saturated carbocycles. The van der Waals surface area contributed by atoms with Gasteiger partial charge in [0.25, 0.3) is 0 Å². The molecular weight excluding hydrogens is 328 g/mol. The van der Waals surface area contributed by atoms with Gasteiger partial charge in [-0.05, 0) is 48.8 Å². The van der Waals surface area contributed by atoms with Crippen LogP contribution in [0.1, 0.15) is 30.3 Å². The van der Waals surface area contributed by atoms with E-state index in [9.17, 15) is 0 Å². The van der Waals surface area contributed by atoms with Crippen LogP contribution in [0.25, 0.3) is 10.8 Å². The Balaban J connectivity index is 1.86. The molecule has 1 heterocycles. The van der Waals surface area contributed by atoms with Gasteiger partial charge in [0, 0.05) is 6.54 Å². The number of anilines is 1. The van der Waals surface area contributed by atoms with Gasteiger partial charge in [-0.15, -0.1) is 0 Å². The van der Waals surface area contributed by atoms with E-state index in [4.69, 9.17) is 17.3 Å². The van der Waals surface area contributed by atoms with Crippen molar-refractivity contribution < 1.29 is 0 Å². The Kier molecular flexibility index (Phi) is 5.34. The molecular formula is C20H24N4S. The third-order valence-corrected chi connectivity index (χ3v) is 4.60. The van der Waals surface area contributed by atoms with E-state index in [1.54, 1.807) is 0 Å². The van der Waals surface area contributed by atoms with Crippen molar-refractivity contribution in [2.45, 2.75) is 33.7 Å². The number of aromatic nitrogens is 2. The molecule has 3 rings (SSSR count). The Morgan fingerprint density at radius 2 is 1.88 bits per heavy atom. The van der Waals surface area contributed by atoms with Gasteiger partial charge in [-0.3, -0.25) is 4.68 Å². The molecule has 0 unspecified atom stereocenters. The van der Waals surface area contributed by atoms with E-state index in [0.717, 1.165) is 36.6 Å². The predicted molar refractivity (Wildman–Crippen MR) is 109 cm³/mol. The smallest absolute Gasteiger partial charge is 0.170 e. The molecule has 0 spiro atoms. The van der Waals surface area contributed by atoms with Crippen LogP contribution in [0.3, 0.4) is 0 Å². The molecule has 0 radical (unpaired) electrons. The number of nitrogens with one attached hydrogen (secondary N) is 2. The number of rotatable bonds is 5. The molecule has 0 amide bonds. The lowest BCUT2D eigenvalue weighted by Crippen LogP contribution is -2.29. The quantitative estimate of drug-likeness (QED) is 0.668. The molecule has 0 saturated heterocycles. The number of thiocarbonyl (C=S) groups is 1. The Morgan fingerprint density at radius 3 is 2.68 bits per heavy atom. The van der Waals surface area contributed by atoms with Gasteiger partial charge in [0.15, 0.2) is 5.11 Å². The Labute approximate surface area is 154 Å². The van der Waals surface area contributed by atoms with Gasteiger partial charge in [0.05, 0.1) is 23.6 Å². The summed E-state index contributed by atoms with van der Waals surface area (Å²) in [7, 11) is 0. The van der Waals surface area contributed by atoms with Crippen LogP contribution in [0.4, 0.5) is 5.69 Å². The standard InChI is InChI=1S/C20H24N4S/c1-4-12-21-20(25)22-19-14(2)23-24(15(19)3)13-17-10-7-9-16-8-5-6-11-18(16)17/h5-11H,4,12-13H2,1-3H3,(H2,21,22,25). The van der Waals surface area contributed by atoms with Gasteiger partial charge in [0.2, 0.25) is 0 Å². The monoisotopic (exact) mass is 352 g/mol. The first-order valence-corrected chi connectivity index (χ1v) is 9.06. The fourth-order valence-corrected chi connectivity index (χ4v) is 3.22. The summed E-state index contributed by atoms with van der Waals surface area (Å²) in [5, 5.41) is 14.4. The molecule has 5 heteroatoms. The normalized spacial score (nSPS) is 10.8. The Hall–Kier alpha value is -2.40. The van der Waals surface area contributed by atoms with Crippen LogP contribution in [0.5, 0.6) is 0 Å². The van der Waals surface area contributed by atoms with Gasteiger partial charge in [-0.25, -0.2) is 0 Å². The van der Waals surface area contributed by atoms with Crippen molar-refractivity contribution in [1.82, 2.24) is 15.1 Å². The Morgan fingerprint density at radius 1 is 1.12 bits per heavy atom. The van der Waals surface area contributed by atoms with Crippen molar-refractivity contribution in [2.24, 2.45) is 0 Å². The number of benzene rings is 2. The minimum atomic E-state index is 0.651. The second kappa shape index (κ2) is 7.66. The highest BCUT2D eigenvalue weighted by Gasteiger charge is 2.13. The van der Waals surface area contributed by atoms with Gasteiger partial charge in [-0.2, -0.15) is 5.10 Å². The van der Waals surface area contributed by atoms with E-state index >= 15 is 0 Å². The SMILES string of the molecule is CCCNC(=S)Nc1c(C)nn(Cc2cccc3ccccc23)c1C. The highest BCUT2D eigenvalue weighted by Crippen LogP contribution is 2.23. The summed E-state index contributed by atoms with van der Waals surface area (Å²) in [6.45, 7) is 7.82. The van der Waals surface area contributed by atoms with Crippen molar-refractivity contribution in [3.63, 3.8) is 0 Å². The van der Waals surface area contributed by atoms with Gasteiger partial charge in [-0.1, -0.05) is 49.4 Å². The topological polar surface area (TPSA) is 41.9 Å². The molecule has 0 aliphatic carbocycles. The van der Waals surface area contributed by atoms with Crippen molar-refractivity contribution in [3.8, 4) is 0 Å². The van der Waals surface area contributed by atoms with Gasteiger partial charge < -0.3 is 10.6 Å². The molecule has 0 atom stereocenters. The average molecular weight is 353 g/mol. The lowest BCUT2D eigenvalue weighted by Gasteiger charge is -2.11. The lowest BCUT2D eigenvalue weighted by atomic mass is 10.0. The first kappa shape index (κ1) is 17.4. The molecule has 0 aliphatic rings. The zero-order valence-corrected chi connectivity index (χ0v) is 15.8. The molecule has 4 nitrogen and oxygen atoms in total. The molecule has 0 bridgehead atoms. The highest BCUT2D eigenvalue weighted by atomic mass is 32.1. The number of hydrogen-bond acceptors (Lipinski definition) is 2. The van der Waals surface area contributed by atoms with Crippen LogP contribution >= 0.6 is 12.2 Å². The molecule has 0 fully saturated rings. The van der Waals surface area contributed by atoms with Crippen LogP contribution < -0.4 is 10.6 Å². The van der Waals surface area contributed by atoms with Crippen LogP contribution in [-0.4, -0.2) is 21.4 Å². The summed E-state index contributed by atoms with van der Waals surface area (Å²) >= 11 is 5.36. The summed E-state index contributed by atoms with van der Waals surface area (Å²) in [5.74, 6) is 0. The molecule has 1 aromatic heterocycles. The third-order valence-electron chi connectivity index (χ3n) is 4.36. The van der Waals surface area contributed by atoms with Crippen molar-refractivity contribution >= 4 is 33.8 Å². The number of fused-ring (bicyclic) bond motifs is 1. The first-order chi connectivity index (χ1) is 12.1. The summed E-state index contributed by atoms with van der Waals surface area (Å²) in [5.41, 5.74) is 4.31. The van der Waals surface area contributed by atoms with Gasteiger partial charge >= 0.3 is 0 Å². The summed E-state index contributed by atoms with van der Waals surface area (Å²) in [6, 6.07) is 14.9. The zero-order chi connectivity index (χ0) is 17.8. The van der Waals surface area contributed by atoms with Crippen molar-refractivity contribution in [2.75, 3.05) is 11.9 Å². The molecule has 2 aromatic carbocycles. The van der Waals surface area contributed by atoms with Crippen molar-refractivity contribution in [3.05, 3.63) is 59.4 Å². The van der Waals surface area contributed by atoms with E-state index in [0.29, 0.717) is 5.11 Å². The zero-order valence-electron chi connectivity index (χ0n) is 15.0. The molecule has 3 aromatic rings. The first-order valence-electron chi connectivity index (χ1n) is 8.65. The van der Waals surface area contributed by atoms with E-state index < -0.39 is 0 Å². The van der Waals surface area contributed by atoms with E-state index in [1.165, 1.54) is 16.3 Å². The fourth-order valence-electron chi connectivity index (χ4n) is 3.02. The summed E-state index contributed by atoms with van der Waals surface area (Å²) in [6.07, 6.45) is 1.04. The van der Waals surface area contributed by atoms with E-state index in [2.05, 4.69) is 66.9 Å². The second-order valence-corrected chi connectivity index (χ2v) is 6.63. The Bertz CT molecular complexity index is 893. The molecule has 0 aliphatic heterocycles. The predicted octanol–water partition coefficient (Wildman–Crippen LogP) is 4.40. The van der Waals surface area contributed by atoms with E-state index in [1.807, 2.05) is 11.6 Å². The van der Waals surface area contributed by atoms with Crippen molar-refractivity contribution in [1.29, 1.82) is 0 Å². The summed E-state index contributed by atoms with van der Waals surface area (Å²) in [4.78, 5) is 0. The number of hydrogen-bond donors (Lipinski definition) is 2. The van der Waals surface area contributed by atoms with Crippen LogP contribution in [0, 0.1) is 13.8 Å². The van der Waals surface area contributed by atoms with Crippen LogP contribution in [-0.2, 0) is 6.54 Å². The maximum Gasteiger partial charge on any atom is 0.170 e.